The van der Waals surface area contributed by atoms with E-state index in [-0.39, 0.29) is 0 Å². The lowest BCUT2D eigenvalue weighted by atomic mass is 10.4. The molecule has 0 aliphatic heterocycles. The minimum atomic E-state index is -2.17. The number of halogens is 1. The van der Waals surface area contributed by atoms with Crippen molar-refractivity contribution in [3.8, 4) is 0 Å². The molecule has 0 N–H and O–H groups in total. The van der Waals surface area contributed by atoms with Gasteiger partial charge < -0.3 is 0 Å². The number of aromatic nitrogens is 1. The summed E-state index contributed by atoms with van der Waals surface area (Å²) in [6.07, 6.45) is 2.84. The van der Waals surface area contributed by atoms with Crippen molar-refractivity contribution in [1.82, 2.24) is 4.98 Å². The van der Waals surface area contributed by atoms with Gasteiger partial charge in [0.25, 0.3) is 0 Å². The number of rotatable bonds is 2. The van der Waals surface area contributed by atoms with Crippen LogP contribution in [-0.2, 0) is 9.73 Å². The summed E-state index contributed by atoms with van der Waals surface area (Å²) in [4.78, 5) is 3.41. The summed E-state index contributed by atoms with van der Waals surface area (Å²) >= 11 is 0. The van der Waals surface area contributed by atoms with Crippen molar-refractivity contribution in [2.24, 2.45) is 4.36 Å². The zero-order valence-corrected chi connectivity index (χ0v) is 8.34. The minimum absolute atomic E-state index is 0.454. The quantitative estimate of drug-likeness (QED) is 0.688. The van der Waals surface area contributed by atoms with Gasteiger partial charge in [-0.15, -0.1) is 0 Å². The van der Waals surface area contributed by atoms with E-state index in [2.05, 4.69) is 9.35 Å². The van der Waals surface area contributed by atoms with Crippen LogP contribution in [0.1, 0.15) is 6.92 Å². The molecule has 0 amide bonds. The molecule has 0 fully saturated rings. The van der Waals surface area contributed by atoms with Crippen LogP contribution in [0.5, 0.6) is 0 Å². The topological polar surface area (TPSA) is 42.3 Å². The van der Waals surface area contributed by atoms with Gasteiger partial charge >= 0.3 is 0 Å². The van der Waals surface area contributed by atoms with Crippen molar-refractivity contribution < 1.29 is 8.60 Å². The zero-order chi connectivity index (χ0) is 9.90. The highest BCUT2D eigenvalue weighted by molar-refractivity contribution is 7.93. The number of nitrogens with zero attached hydrogens (tertiary/aromatic N) is 2. The Labute approximate surface area is 77.2 Å². The van der Waals surface area contributed by atoms with Crippen molar-refractivity contribution in [3.63, 3.8) is 0 Å². The number of hydrogen-bond donors (Lipinski definition) is 0. The van der Waals surface area contributed by atoms with Gasteiger partial charge in [0.15, 0.2) is 0 Å². The highest BCUT2D eigenvalue weighted by Crippen LogP contribution is 2.12. The summed E-state index contributed by atoms with van der Waals surface area (Å²) in [5.41, 5.74) is 0.454. The van der Waals surface area contributed by atoms with E-state index in [9.17, 15) is 8.60 Å². The fourth-order valence-corrected chi connectivity index (χ4v) is 1.39. The molecule has 0 aliphatic carbocycles. The summed E-state index contributed by atoms with van der Waals surface area (Å²) in [6, 6.07) is 2.66. The van der Waals surface area contributed by atoms with Crippen LogP contribution in [0, 0.1) is 5.95 Å². The predicted molar refractivity (Wildman–Crippen MR) is 50.9 cm³/mol. The van der Waals surface area contributed by atoms with Crippen LogP contribution < -0.4 is 0 Å². The molecule has 0 radical (unpaired) electrons. The predicted octanol–water partition coefficient (Wildman–Crippen LogP) is 1.97. The molecule has 0 aromatic carbocycles. The van der Waals surface area contributed by atoms with Gasteiger partial charge in [-0.2, -0.15) is 8.75 Å². The van der Waals surface area contributed by atoms with Crippen LogP contribution in [0.3, 0.4) is 0 Å². The molecule has 0 spiro atoms. The summed E-state index contributed by atoms with van der Waals surface area (Å²) in [5.74, 6) is -0.0808. The van der Waals surface area contributed by atoms with Gasteiger partial charge in [0.1, 0.15) is 0 Å². The average molecular weight is 202 g/mol. The third-order valence-electron chi connectivity index (χ3n) is 1.55. The average Bonchev–Trinajstić information content (AvgIpc) is 2.09. The highest BCUT2D eigenvalue weighted by Gasteiger charge is 1.98. The SMILES string of the molecule is CCS(C)(=O)=Nc1ccc(F)nc1. The van der Waals surface area contributed by atoms with Crippen LogP contribution >= 0.6 is 0 Å². The molecule has 1 atom stereocenters. The number of hydrogen-bond acceptors (Lipinski definition) is 3. The van der Waals surface area contributed by atoms with Crippen molar-refractivity contribution in [2.75, 3.05) is 12.0 Å². The largest absolute Gasteiger partial charge is 0.250 e. The number of pyridine rings is 1. The van der Waals surface area contributed by atoms with Gasteiger partial charge in [-0.05, 0) is 12.1 Å². The van der Waals surface area contributed by atoms with E-state index in [1.165, 1.54) is 18.3 Å². The van der Waals surface area contributed by atoms with E-state index >= 15 is 0 Å². The Morgan fingerprint density at radius 3 is 2.77 bits per heavy atom. The molecule has 1 rings (SSSR count). The van der Waals surface area contributed by atoms with Gasteiger partial charge in [-0.1, -0.05) is 6.92 Å². The molecule has 1 aromatic rings. The smallest absolute Gasteiger partial charge is 0.212 e. The molecular weight excluding hydrogens is 191 g/mol. The van der Waals surface area contributed by atoms with Crippen LogP contribution in [0.4, 0.5) is 10.1 Å². The molecule has 0 saturated carbocycles. The molecule has 1 heterocycles. The second-order valence-corrected chi connectivity index (χ2v) is 5.36. The van der Waals surface area contributed by atoms with Crippen molar-refractivity contribution in [1.29, 1.82) is 0 Å². The Kier molecular flexibility index (Phi) is 2.98. The first-order chi connectivity index (χ1) is 6.03. The fraction of sp³-hybridized carbons (Fsp3) is 0.375. The molecule has 13 heavy (non-hydrogen) atoms. The normalized spacial score (nSPS) is 15.0. The van der Waals surface area contributed by atoms with Gasteiger partial charge in [-0.3, -0.25) is 0 Å². The first kappa shape index (κ1) is 10.1. The van der Waals surface area contributed by atoms with Crippen molar-refractivity contribution in [2.45, 2.75) is 6.92 Å². The maximum absolute atomic E-state index is 12.4. The van der Waals surface area contributed by atoms with Gasteiger partial charge in [0.2, 0.25) is 5.95 Å². The second kappa shape index (κ2) is 3.83. The lowest BCUT2D eigenvalue weighted by molar-refractivity contribution is 0.584. The summed E-state index contributed by atoms with van der Waals surface area (Å²) in [5, 5.41) is 0. The van der Waals surface area contributed by atoms with Crippen LogP contribution in [0.15, 0.2) is 22.7 Å². The Hall–Kier alpha value is -0.970. The Balaban J connectivity index is 3.06. The molecule has 1 unspecified atom stereocenters. The van der Waals surface area contributed by atoms with Gasteiger partial charge in [0.05, 0.1) is 11.9 Å². The maximum atomic E-state index is 12.4. The second-order valence-electron chi connectivity index (χ2n) is 2.68. The van der Waals surface area contributed by atoms with E-state index in [0.717, 1.165) is 0 Å². The van der Waals surface area contributed by atoms with E-state index in [1.54, 1.807) is 13.2 Å². The highest BCUT2D eigenvalue weighted by atomic mass is 32.2. The van der Waals surface area contributed by atoms with Crippen LogP contribution in [-0.4, -0.2) is 21.2 Å². The molecule has 1 aromatic heterocycles. The lowest BCUT2D eigenvalue weighted by Gasteiger charge is -1.98. The third kappa shape index (κ3) is 3.10. The standard InChI is InChI=1S/C8H11FN2OS/c1-3-13(2,12)11-7-4-5-8(9)10-6-7/h4-6H,3H2,1-2H3. The molecule has 5 heteroatoms. The maximum Gasteiger partial charge on any atom is 0.212 e. The molecule has 72 valence electrons. The van der Waals surface area contributed by atoms with Crippen molar-refractivity contribution in [3.05, 3.63) is 24.3 Å². The Morgan fingerprint density at radius 2 is 2.31 bits per heavy atom. The van der Waals surface area contributed by atoms with E-state index < -0.39 is 15.7 Å². The first-order valence-corrected chi connectivity index (χ1v) is 5.94. The third-order valence-corrected chi connectivity index (χ3v) is 3.21. The summed E-state index contributed by atoms with van der Waals surface area (Å²) in [6.45, 7) is 1.79. The fourth-order valence-electron chi connectivity index (χ4n) is 0.710. The van der Waals surface area contributed by atoms with Crippen LogP contribution in [0.25, 0.3) is 0 Å². The van der Waals surface area contributed by atoms with E-state index in [0.29, 0.717) is 11.4 Å². The first-order valence-electron chi connectivity index (χ1n) is 3.85. The zero-order valence-electron chi connectivity index (χ0n) is 7.53. The van der Waals surface area contributed by atoms with E-state index in [4.69, 9.17) is 0 Å². The van der Waals surface area contributed by atoms with E-state index in [1.807, 2.05) is 0 Å². The van der Waals surface area contributed by atoms with Crippen molar-refractivity contribution >= 4 is 15.4 Å². The van der Waals surface area contributed by atoms with Gasteiger partial charge in [-0.25, -0.2) is 9.19 Å². The van der Waals surface area contributed by atoms with Gasteiger partial charge in [0, 0.05) is 21.7 Å². The lowest BCUT2D eigenvalue weighted by Crippen LogP contribution is -1.97. The molecule has 0 bridgehead atoms. The monoisotopic (exact) mass is 202 g/mol. The minimum Gasteiger partial charge on any atom is -0.250 e. The molecular formula is C8H11FN2OS. The summed E-state index contributed by atoms with van der Waals surface area (Å²) < 4.78 is 27.8. The molecule has 0 aliphatic rings. The molecule has 0 saturated heterocycles. The Bertz CT molecular complexity index is 393. The molecule has 3 nitrogen and oxygen atoms in total. The van der Waals surface area contributed by atoms with Crippen LogP contribution in [0.2, 0.25) is 0 Å². The Morgan fingerprint density at radius 1 is 1.62 bits per heavy atom. The summed E-state index contributed by atoms with van der Waals surface area (Å²) in [7, 11) is -2.17.